The van der Waals surface area contributed by atoms with Crippen LogP contribution >= 0.6 is 0 Å². The summed E-state index contributed by atoms with van der Waals surface area (Å²) in [6.07, 6.45) is 0.694. The first-order valence-corrected chi connectivity index (χ1v) is 5.47. The molecule has 0 aliphatic carbocycles. The van der Waals surface area contributed by atoms with E-state index in [1.54, 1.807) is 0 Å². The fourth-order valence-corrected chi connectivity index (χ4v) is 2.01. The molecule has 0 aromatic heterocycles. The van der Waals surface area contributed by atoms with Gasteiger partial charge in [0.1, 0.15) is 0 Å². The molecule has 1 heterocycles. The zero-order chi connectivity index (χ0) is 12.4. The number of nitrogens with zero attached hydrogens (tertiary/aromatic N) is 1. The summed E-state index contributed by atoms with van der Waals surface area (Å²) in [6.45, 7) is 0.876. The lowest BCUT2D eigenvalue weighted by molar-refractivity contribution is 0.0776. The lowest BCUT2D eigenvalue weighted by Crippen LogP contribution is -2.30. The quantitative estimate of drug-likeness (QED) is 0.850. The molecule has 1 unspecified atom stereocenters. The number of carbonyl (C=O) groups is 1. The second kappa shape index (κ2) is 4.79. The van der Waals surface area contributed by atoms with E-state index in [1.807, 2.05) is 0 Å². The van der Waals surface area contributed by atoms with Crippen LogP contribution in [-0.2, 0) is 0 Å². The largest absolute Gasteiger partial charge is 0.396 e. The molecule has 0 radical (unpaired) electrons. The van der Waals surface area contributed by atoms with E-state index >= 15 is 0 Å². The van der Waals surface area contributed by atoms with E-state index in [4.69, 9.17) is 5.11 Å². The number of hydrogen-bond donors (Lipinski definition) is 1. The van der Waals surface area contributed by atoms with Gasteiger partial charge in [0.15, 0.2) is 11.6 Å². The standard InChI is InChI=1S/C12H13F2NO2/c13-10-3-1-2-9(11(10)14)12(17)15-5-4-8(6-15)7-16/h1-3,8,16H,4-7H2. The van der Waals surface area contributed by atoms with Gasteiger partial charge in [0, 0.05) is 25.6 Å². The molecule has 0 spiro atoms. The number of amides is 1. The molecule has 1 amide bonds. The molecule has 5 heteroatoms. The third kappa shape index (κ3) is 2.29. The number of carbonyl (C=O) groups excluding carboxylic acids is 1. The smallest absolute Gasteiger partial charge is 0.256 e. The van der Waals surface area contributed by atoms with E-state index in [-0.39, 0.29) is 18.1 Å². The molecule has 0 bridgehead atoms. The first kappa shape index (κ1) is 12.0. The summed E-state index contributed by atoms with van der Waals surface area (Å²) in [4.78, 5) is 13.4. The summed E-state index contributed by atoms with van der Waals surface area (Å²) in [5.74, 6) is -2.60. The Balaban J connectivity index is 2.18. The van der Waals surface area contributed by atoms with Crippen LogP contribution in [0.25, 0.3) is 0 Å². The van der Waals surface area contributed by atoms with Crippen LogP contribution in [0.15, 0.2) is 18.2 Å². The number of aliphatic hydroxyl groups is 1. The zero-order valence-electron chi connectivity index (χ0n) is 9.20. The summed E-state index contributed by atoms with van der Waals surface area (Å²) < 4.78 is 26.4. The Bertz CT molecular complexity index is 437. The average molecular weight is 241 g/mol. The van der Waals surface area contributed by atoms with E-state index in [9.17, 15) is 13.6 Å². The molecule has 1 N–H and O–H groups in total. The molecule has 1 aliphatic rings. The van der Waals surface area contributed by atoms with Crippen LogP contribution in [0.4, 0.5) is 8.78 Å². The van der Waals surface area contributed by atoms with Crippen LogP contribution in [0, 0.1) is 17.6 Å². The first-order valence-electron chi connectivity index (χ1n) is 5.47. The Kier molecular flexibility index (Phi) is 3.38. The highest BCUT2D eigenvalue weighted by Gasteiger charge is 2.28. The fourth-order valence-electron chi connectivity index (χ4n) is 2.01. The van der Waals surface area contributed by atoms with Crippen molar-refractivity contribution in [3.05, 3.63) is 35.4 Å². The van der Waals surface area contributed by atoms with Gasteiger partial charge in [0.2, 0.25) is 0 Å². The molecule has 1 aliphatic heterocycles. The van der Waals surface area contributed by atoms with Crippen LogP contribution in [0.3, 0.4) is 0 Å². The molecule has 3 nitrogen and oxygen atoms in total. The maximum Gasteiger partial charge on any atom is 0.256 e. The van der Waals surface area contributed by atoms with E-state index in [0.717, 1.165) is 6.07 Å². The molecule has 0 saturated carbocycles. The van der Waals surface area contributed by atoms with Crippen molar-refractivity contribution in [3.8, 4) is 0 Å². The Labute approximate surface area is 97.7 Å². The highest BCUT2D eigenvalue weighted by atomic mass is 19.2. The van der Waals surface area contributed by atoms with Crippen LogP contribution in [0.1, 0.15) is 16.8 Å². The van der Waals surface area contributed by atoms with Crippen molar-refractivity contribution in [3.63, 3.8) is 0 Å². The Morgan fingerprint density at radius 2 is 2.24 bits per heavy atom. The highest BCUT2D eigenvalue weighted by Crippen LogP contribution is 2.20. The van der Waals surface area contributed by atoms with Crippen molar-refractivity contribution in [1.82, 2.24) is 4.90 Å². The number of halogens is 2. The van der Waals surface area contributed by atoms with E-state index in [0.29, 0.717) is 19.5 Å². The van der Waals surface area contributed by atoms with Gasteiger partial charge in [-0.15, -0.1) is 0 Å². The van der Waals surface area contributed by atoms with Gasteiger partial charge in [0.05, 0.1) is 5.56 Å². The zero-order valence-corrected chi connectivity index (χ0v) is 9.20. The van der Waals surface area contributed by atoms with Crippen LogP contribution in [0.2, 0.25) is 0 Å². The second-order valence-corrected chi connectivity index (χ2v) is 4.19. The van der Waals surface area contributed by atoms with Gasteiger partial charge in [-0.05, 0) is 18.6 Å². The van der Waals surface area contributed by atoms with E-state index < -0.39 is 17.5 Å². The fraction of sp³-hybridized carbons (Fsp3) is 0.417. The summed E-state index contributed by atoms with van der Waals surface area (Å²) in [5.41, 5.74) is -0.247. The second-order valence-electron chi connectivity index (χ2n) is 4.19. The average Bonchev–Trinajstić information content (AvgIpc) is 2.80. The van der Waals surface area contributed by atoms with Crippen molar-refractivity contribution >= 4 is 5.91 Å². The molecule has 1 aromatic carbocycles. The lowest BCUT2D eigenvalue weighted by atomic mass is 10.1. The predicted molar refractivity (Wildman–Crippen MR) is 57.5 cm³/mol. The maximum absolute atomic E-state index is 13.4. The van der Waals surface area contributed by atoms with Crippen molar-refractivity contribution in [2.45, 2.75) is 6.42 Å². The third-order valence-electron chi connectivity index (χ3n) is 3.01. The predicted octanol–water partition coefficient (Wildman–Crippen LogP) is 1.42. The minimum Gasteiger partial charge on any atom is -0.396 e. The SMILES string of the molecule is O=C(c1cccc(F)c1F)N1CCC(CO)C1. The number of hydrogen-bond acceptors (Lipinski definition) is 2. The maximum atomic E-state index is 13.4. The number of benzene rings is 1. The van der Waals surface area contributed by atoms with Gasteiger partial charge in [-0.3, -0.25) is 4.79 Å². The topological polar surface area (TPSA) is 40.5 Å². The van der Waals surface area contributed by atoms with Crippen LogP contribution in [-0.4, -0.2) is 35.6 Å². The van der Waals surface area contributed by atoms with Crippen molar-refractivity contribution in [2.24, 2.45) is 5.92 Å². The van der Waals surface area contributed by atoms with Crippen LogP contribution < -0.4 is 0 Å². The Hall–Kier alpha value is -1.49. The molecule has 2 rings (SSSR count). The summed E-state index contributed by atoms with van der Waals surface area (Å²) in [6, 6.07) is 3.56. The molecule has 1 saturated heterocycles. The van der Waals surface area contributed by atoms with Crippen molar-refractivity contribution in [1.29, 1.82) is 0 Å². The van der Waals surface area contributed by atoms with Gasteiger partial charge in [-0.2, -0.15) is 0 Å². The summed E-state index contributed by atoms with van der Waals surface area (Å²) in [7, 11) is 0. The van der Waals surface area contributed by atoms with Crippen molar-refractivity contribution < 1.29 is 18.7 Å². The van der Waals surface area contributed by atoms with E-state index in [1.165, 1.54) is 17.0 Å². The molecule has 17 heavy (non-hydrogen) atoms. The normalized spacial score (nSPS) is 19.7. The van der Waals surface area contributed by atoms with Gasteiger partial charge in [-0.1, -0.05) is 6.07 Å². The molecule has 92 valence electrons. The third-order valence-corrected chi connectivity index (χ3v) is 3.01. The van der Waals surface area contributed by atoms with Gasteiger partial charge in [0.25, 0.3) is 5.91 Å². The van der Waals surface area contributed by atoms with Crippen molar-refractivity contribution in [2.75, 3.05) is 19.7 Å². The number of rotatable bonds is 2. The number of aliphatic hydroxyl groups excluding tert-OH is 1. The van der Waals surface area contributed by atoms with Crippen LogP contribution in [0.5, 0.6) is 0 Å². The molecular weight excluding hydrogens is 228 g/mol. The highest BCUT2D eigenvalue weighted by molar-refractivity contribution is 5.94. The van der Waals surface area contributed by atoms with Gasteiger partial charge < -0.3 is 10.0 Å². The molecule has 1 fully saturated rings. The van der Waals surface area contributed by atoms with Gasteiger partial charge in [-0.25, -0.2) is 8.78 Å². The summed E-state index contributed by atoms with van der Waals surface area (Å²) in [5, 5.41) is 8.96. The monoisotopic (exact) mass is 241 g/mol. The summed E-state index contributed by atoms with van der Waals surface area (Å²) >= 11 is 0. The Morgan fingerprint density at radius 1 is 1.47 bits per heavy atom. The molecule has 1 aromatic rings. The van der Waals surface area contributed by atoms with Gasteiger partial charge >= 0.3 is 0 Å². The minimum atomic E-state index is -1.11. The van der Waals surface area contributed by atoms with E-state index in [2.05, 4.69) is 0 Å². The lowest BCUT2D eigenvalue weighted by Gasteiger charge is -2.16. The minimum absolute atomic E-state index is 0.00934. The first-order chi connectivity index (χ1) is 8.13. The molecular formula is C12H13F2NO2. The Morgan fingerprint density at radius 3 is 2.88 bits per heavy atom. The molecule has 1 atom stereocenters. The number of likely N-dealkylation sites (tertiary alicyclic amines) is 1.